The van der Waals surface area contributed by atoms with Crippen LogP contribution in [0.15, 0.2) is 69.5 Å². The minimum absolute atomic E-state index is 0.0833. The van der Waals surface area contributed by atoms with Crippen molar-refractivity contribution in [1.82, 2.24) is 24.7 Å². The summed E-state index contributed by atoms with van der Waals surface area (Å²) in [5, 5.41) is 29.9. The molecule has 6 aromatic rings. The number of nitriles is 1. The molecule has 1 atom stereocenters. The molecule has 3 saturated heterocycles. The second kappa shape index (κ2) is 14.6. The van der Waals surface area contributed by atoms with Crippen LogP contribution in [0, 0.1) is 25.2 Å². The third kappa shape index (κ3) is 6.98. The van der Waals surface area contributed by atoms with Gasteiger partial charge in [-0.2, -0.15) is 14.0 Å². The van der Waals surface area contributed by atoms with Gasteiger partial charge in [-0.25, -0.2) is 9.97 Å². The smallest absolute Gasteiger partial charge is 0.387 e. The van der Waals surface area contributed by atoms with E-state index in [4.69, 9.17) is 23.5 Å². The van der Waals surface area contributed by atoms with Gasteiger partial charge in [-0.3, -0.25) is 19.5 Å². The van der Waals surface area contributed by atoms with Gasteiger partial charge in [0.25, 0.3) is 0 Å². The van der Waals surface area contributed by atoms with E-state index >= 15 is 0 Å². The fraction of sp³-hybridized carbons (Fsp3) is 0.364. The Labute approximate surface area is 332 Å². The number of fused-ring (bicyclic) bond motifs is 2. The molecular formula is C44H42F2N6O6. The molecule has 3 aliphatic rings. The molecule has 14 heteroatoms. The van der Waals surface area contributed by atoms with Crippen LogP contribution in [0.5, 0.6) is 5.75 Å². The molecule has 2 aromatic heterocycles. The third-order valence-electron chi connectivity index (χ3n) is 11.8. The van der Waals surface area contributed by atoms with E-state index in [0.29, 0.717) is 90.2 Å². The van der Waals surface area contributed by atoms with E-state index in [1.165, 1.54) is 6.07 Å². The number of aromatic nitrogens is 2. The zero-order valence-electron chi connectivity index (χ0n) is 32.3. The molecule has 3 fully saturated rings. The van der Waals surface area contributed by atoms with E-state index in [9.17, 15) is 29.1 Å². The highest BCUT2D eigenvalue weighted by Gasteiger charge is 2.44. The average molecular weight is 789 g/mol. The molecule has 0 radical (unpaired) electrons. The maximum absolute atomic E-state index is 13.5. The number of benzene rings is 4. The molecule has 9 rings (SSSR count). The highest BCUT2D eigenvalue weighted by molar-refractivity contribution is 5.86. The summed E-state index contributed by atoms with van der Waals surface area (Å²) in [5.41, 5.74) is 8.12. The van der Waals surface area contributed by atoms with Gasteiger partial charge in [0.05, 0.1) is 11.2 Å². The van der Waals surface area contributed by atoms with E-state index in [0.717, 1.165) is 46.5 Å². The first-order valence-corrected chi connectivity index (χ1v) is 19.4. The standard InChI is InChI=1S/C44H42F2N6O6/c1-24-30(7-4-9-32(24)40-48-34-15-28(19-51-12-6-11-36(51)42(53)54)37(57-43(45)46)16-38(34)56-40)31-8-5-10-33(25(31)2)41-49-35-14-26(13-27(17-47)39(35)58-41)18-50-20-29(21-50)52-22-44(3,55)23-52/h4-5,7-10,13-16,29,36,43,55H,6,11-12,18-23H2,1-3H3,(H,53,54)/t36-/m0/s1. The summed E-state index contributed by atoms with van der Waals surface area (Å²) in [6.45, 7) is 7.31. The normalized spacial score (nSPS) is 18.8. The van der Waals surface area contributed by atoms with Crippen LogP contribution in [0.4, 0.5) is 8.78 Å². The van der Waals surface area contributed by atoms with Gasteiger partial charge in [0.2, 0.25) is 11.8 Å². The Kier molecular flexibility index (Phi) is 9.51. The van der Waals surface area contributed by atoms with Crippen molar-refractivity contribution in [3.05, 3.63) is 88.5 Å². The van der Waals surface area contributed by atoms with E-state index in [1.807, 2.05) is 69.3 Å². The number of aliphatic hydroxyl groups is 1. The van der Waals surface area contributed by atoms with Gasteiger partial charge < -0.3 is 23.8 Å². The zero-order chi connectivity index (χ0) is 40.5. The van der Waals surface area contributed by atoms with Gasteiger partial charge in [0.1, 0.15) is 28.9 Å². The number of hydrogen-bond acceptors (Lipinski definition) is 11. The average Bonchev–Trinajstić information content (AvgIpc) is 3.90. The van der Waals surface area contributed by atoms with Crippen LogP contribution in [-0.4, -0.2) is 97.9 Å². The summed E-state index contributed by atoms with van der Waals surface area (Å²) >= 11 is 0. The molecule has 2 N–H and O–H groups in total. The van der Waals surface area contributed by atoms with Crippen LogP contribution < -0.4 is 4.74 Å². The number of carboxylic acid groups (broad SMARTS) is 1. The molecule has 12 nitrogen and oxygen atoms in total. The number of rotatable bonds is 11. The number of hydrogen-bond donors (Lipinski definition) is 2. The van der Waals surface area contributed by atoms with Gasteiger partial charge in [-0.05, 0) is 98.3 Å². The summed E-state index contributed by atoms with van der Waals surface area (Å²) < 4.78 is 44.4. The zero-order valence-corrected chi connectivity index (χ0v) is 32.3. The van der Waals surface area contributed by atoms with Gasteiger partial charge in [-0.15, -0.1) is 0 Å². The fourth-order valence-corrected chi connectivity index (χ4v) is 8.90. The lowest BCUT2D eigenvalue weighted by molar-refractivity contribution is -0.142. The minimum Gasteiger partial charge on any atom is -0.480 e. The van der Waals surface area contributed by atoms with E-state index in [-0.39, 0.29) is 17.9 Å². The maximum atomic E-state index is 13.5. The minimum atomic E-state index is -3.08. The molecular weight excluding hydrogens is 747 g/mol. The summed E-state index contributed by atoms with van der Waals surface area (Å²) in [5.74, 6) is -0.321. The predicted octanol–water partition coefficient (Wildman–Crippen LogP) is 7.36. The molecule has 0 spiro atoms. The van der Waals surface area contributed by atoms with Crippen molar-refractivity contribution in [3.8, 4) is 45.9 Å². The molecule has 3 aliphatic heterocycles. The maximum Gasteiger partial charge on any atom is 0.387 e. The molecule has 4 aromatic carbocycles. The SMILES string of the molecule is Cc1c(-c2nc3cc(CN4CCC[C@H]4C(=O)O)c(OC(F)F)cc3o2)cccc1-c1cccc(-c2nc3cc(CN4CC(N5CC(C)(O)C5)C4)cc(C#N)c3o2)c1C. The van der Waals surface area contributed by atoms with E-state index in [2.05, 4.69) is 15.9 Å². The summed E-state index contributed by atoms with van der Waals surface area (Å²) in [7, 11) is 0. The van der Waals surface area contributed by atoms with Crippen LogP contribution in [0.25, 0.3) is 56.2 Å². The number of nitrogens with zero attached hydrogens (tertiary/aromatic N) is 6. The van der Waals surface area contributed by atoms with Crippen LogP contribution >= 0.6 is 0 Å². The highest BCUT2D eigenvalue weighted by atomic mass is 19.3. The number of carboxylic acids is 1. The van der Waals surface area contributed by atoms with Gasteiger partial charge in [-0.1, -0.05) is 24.3 Å². The molecule has 0 amide bonds. The number of likely N-dealkylation sites (tertiary alicyclic amines) is 3. The molecule has 298 valence electrons. The molecule has 58 heavy (non-hydrogen) atoms. The summed E-state index contributed by atoms with van der Waals surface area (Å²) in [4.78, 5) is 27.9. The monoisotopic (exact) mass is 788 g/mol. The Hall–Kier alpha value is -5.72. The number of β-amino-alcohol motifs (C(OH)–C–C–N with tert-alkyl or cyclic N) is 1. The third-order valence-corrected chi connectivity index (χ3v) is 11.8. The number of aliphatic carboxylic acids is 1. The summed E-state index contributed by atoms with van der Waals surface area (Å²) in [6.07, 6.45) is 1.18. The molecule has 0 bridgehead atoms. The largest absolute Gasteiger partial charge is 0.480 e. The van der Waals surface area contributed by atoms with Crippen LogP contribution in [-0.2, 0) is 17.9 Å². The Morgan fingerprint density at radius 1 is 0.966 bits per heavy atom. The van der Waals surface area contributed by atoms with Crippen molar-refractivity contribution >= 4 is 28.2 Å². The van der Waals surface area contributed by atoms with Crippen LogP contribution in [0.1, 0.15) is 47.6 Å². The summed E-state index contributed by atoms with van der Waals surface area (Å²) in [6, 6.07) is 20.6. The van der Waals surface area contributed by atoms with Crippen molar-refractivity contribution in [1.29, 1.82) is 5.26 Å². The Morgan fingerprint density at radius 2 is 1.62 bits per heavy atom. The lowest BCUT2D eigenvalue weighted by Gasteiger charge is -2.54. The molecule has 5 heterocycles. The topological polar surface area (TPSA) is 152 Å². The van der Waals surface area contributed by atoms with Gasteiger partial charge >= 0.3 is 12.6 Å². The van der Waals surface area contributed by atoms with Crippen molar-refractivity contribution in [2.45, 2.75) is 71.0 Å². The second-order valence-corrected chi connectivity index (χ2v) is 16.1. The van der Waals surface area contributed by atoms with Crippen molar-refractivity contribution in [2.24, 2.45) is 0 Å². The van der Waals surface area contributed by atoms with Crippen LogP contribution in [0.3, 0.4) is 0 Å². The Bertz CT molecular complexity index is 2620. The first-order chi connectivity index (χ1) is 27.8. The first-order valence-electron chi connectivity index (χ1n) is 19.4. The first kappa shape index (κ1) is 37.8. The van der Waals surface area contributed by atoms with Gasteiger partial charge in [0.15, 0.2) is 11.2 Å². The lowest BCUT2D eigenvalue weighted by Crippen LogP contribution is -2.70. The lowest BCUT2D eigenvalue weighted by atomic mass is 9.91. The van der Waals surface area contributed by atoms with Crippen LogP contribution in [0.2, 0.25) is 0 Å². The molecule has 0 saturated carbocycles. The fourth-order valence-electron chi connectivity index (χ4n) is 8.90. The number of carbonyl (C=O) groups is 1. The van der Waals surface area contributed by atoms with Gasteiger partial charge in [0, 0.05) is 68.1 Å². The van der Waals surface area contributed by atoms with Crippen molar-refractivity contribution in [2.75, 3.05) is 32.7 Å². The number of oxazole rings is 2. The van der Waals surface area contributed by atoms with Crippen molar-refractivity contribution in [3.63, 3.8) is 0 Å². The van der Waals surface area contributed by atoms with E-state index < -0.39 is 24.2 Å². The number of halogens is 2. The Balaban J connectivity index is 0.993. The van der Waals surface area contributed by atoms with E-state index in [1.54, 1.807) is 11.0 Å². The predicted molar refractivity (Wildman–Crippen MR) is 211 cm³/mol. The number of ether oxygens (including phenoxy) is 1. The van der Waals surface area contributed by atoms with Crippen molar-refractivity contribution < 1.29 is 37.4 Å². The quantitative estimate of drug-likeness (QED) is 0.135. The highest BCUT2D eigenvalue weighted by Crippen LogP contribution is 2.40. The Morgan fingerprint density at radius 3 is 2.26 bits per heavy atom. The number of alkyl halides is 2. The molecule has 0 unspecified atom stereocenters. The molecule has 0 aliphatic carbocycles. The second-order valence-electron chi connectivity index (χ2n) is 16.1.